The van der Waals surface area contributed by atoms with Crippen LogP contribution in [-0.4, -0.2) is 6.79 Å². The highest BCUT2D eigenvalue weighted by molar-refractivity contribution is 5.20. The van der Waals surface area contributed by atoms with E-state index in [0.29, 0.717) is 6.79 Å². The van der Waals surface area contributed by atoms with Gasteiger partial charge in [0.05, 0.1) is 0 Å². The van der Waals surface area contributed by atoms with Crippen LogP contribution in [0.4, 0.5) is 0 Å². The quantitative estimate of drug-likeness (QED) is 0.492. The van der Waals surface area contributed by atoms with Crippen molar-refractivity contribution in [3.05, 3.63) is 23.7 Å². The van der Waals surface area contributed by atoms with Crippen molar-refractivity contribution in [2.45, 2.75) is 13.8 Å². The van der Waals surface area contributed by atoms with Crippen LogP contribution in [0.25, 0.3) is 0 Å². The van der Waals surface area contributed by atoms with Crippen molar-refractivity contribution >= 4 is 0 Å². The van der Waals surface area contributed by atoms with E-state index in [1.807, 2.05) is 26.0 Å². The molecule has 0 spiro atoms. The van der Waals surface area contributed by atoms with Gasteiger partial charge in [-0.25, -0.2) is 0 Å². The minimum Gasteiger partial charge on any atom is -0.454 e. The third kappa shape index (κ3) is 1.07. The highest BCUT2D eigenvalue weighted by Gasteiger charge is 2.12. The molecule has 9 heavy (non-hydrogen) atoms. The van der Waals surface area contributed by atoms with E-state index in [-0.39, 0.29) is 0 Å². The normalized spacial score (nSPS) is 26.4. The zero-order valence-corrected chi connectivity index (χ0v) is 5.68. The van der Waals surface area contributed by atoms with Crippen LogP contribution in [0.3, 0.4) is 0 Å². The second-order valence-corrected chi connectivity index (χ2v) is 1.71. The first-order chi connectivity index (χ1) is 4.38. The molecule has 0 aromatic carbocycles. The van der Waals surface area contributed by atoms with Crippen molar-refractivity contribution in [2.75, 3.05) is 6.79 Å². The van der Waals surface area contributed by atoms with E-state index in [0.717, 1.165) is 11.5 Å². The molecule has 1 heterocycles. The summed E-state index contributed by atoms with van der Waals surface area (Å²) < 4.78 is 10.2. The Bertz CT molecular complexity index is 138. The van der Waals surface area contributed by atoms with Crippen LogP contribution in [0.1, 0.15) is 13.8 Å². The summed E-state index contributed by atoms with van der Waals surface area (Å²) in [5.74, 6) is 1.69. The summed E-state index contributed by atoms with van der Waals surface area (Å²) in [4.78, 5) is 0. The molecule has 0 amide bonds. The molecule has 1 rings (SSSR count). The van der Waals surface area contributed by atoms with Crippen LogP contribution < -0.4 is 0 Å². The fourth-order valence-corrected chi connectivity index (χ4v) is 0.750. The minimum absolute atomic E-state index is 0.360. The van der Waals surface area contributed by atoms with Crippen LogP contribution in [-0.2, 0) is 9.47 Å². The zero-order valence-electron chi connectivity index (χ0n) is 5.68. The Kier molecular flexibility index (Phi) is 1.78. The number of hydrogen-bond acceptors (Lipinski definition) is 2. The lowest BCUT2D eigenvalue weighted by Gasteiger charge is -1.90. The van der Waals surface area contributed by atoms with Gasteiger partial charge in [0.2, 0.25) is 6.79 Å². The van der Waals surface area contributed by atoms with Crippen molar-refractivity contribution in [1.29, 1.82) is 0 Å². The number of hydrogen-bond donors (Lipinski definition) is 0. The lowest BCUT2D eigenvalue weighted by atomic mass is 10.4. The SMILES string of the molecule is C/C=C1/OCO/C1=C/C. The van der Waals surface area contributed by atoms with Gasteiger partial charge in [0.15, 0.2) is 11.5 Å². The van der Waals surface area contributed by atoms with Gasteiger partial charge >= 0.3 is 0 Å². The fourth-order valence-electron chi connectivity index (χ4n) is 0.750. The molecule has 0 unspecified atom stereocenters. The predicted molar refractivity (Wildman–Crippen MR) is 34.6 cm³/mol. The van der Waals surface area contributed by atoms with E-state index in [1.54, 1.807) is 0 Å². The fraction of sp³-hybridized carbons (Fsp3) is 0.429. The Labute approximate surface area is 54.8 Å². The molecule has 1 aliphatic heterocycles. The smallest absolute Gasteiger partial charge is 0.231 e. The van der Waals surface area contributed by atoms with Gasteiger partial charge in [0.1, 0.15) is 0 Å². The van der Waals surface area contributed by atoms with E-state index < -0.39 is 0 Å². The van der Waals surface area contributed by atoms with Crippen LogP contribution in [0.15, 0.2) is 23.7 Å². The summed E-state index contributed by atoms with van der Waals surface area (Å²) in [7, 11) is 0. The highest BCUT2D eigenvalue weighted by atomic mass is 16.7. The predicted octanol–water partition coefficient (Wildman–Crippen LogP) is 1.80. The second kappa shape index (κ2) is 2.58. The van der Waals surface area contributed by atoms with E-state index in [4.69, 9.17) is 9.47 Å². The largest absolute Gasteiger partial charge is 0.454 e. The second-order valence-electron chi connectivity index (χ2n) is 1.71. The lowest BCUT2D eigenvalue weighted by Crippen LogP contribution is -1.78. The summed E-state index contributed by atoms with van der Waals surface area (Å²) in [5.41, 5.74) is 0. The molecule has 1 aliphatic rings. The highest BCUT2D eigenvalue weighted by Crippen LogP contribution is 2.19. The van der Waals surface area contributed by atoms with Crippen LogP contribution in [0.5, 0.6) is 0 Å². The molecule has 0 aromatic heterocycles. The standard InChI is InChI=1S/C7H10O2/c1-3-6-7(4-2)9-5-8-6/h3-4H,5H2,1-2H3/b6-3+,7-4+. The van der Waals surface area contributed by atoms with Gasteiger partial charge < -0.3 is 9.47 Å². The molecule has 50 valence electrons. The molecular weight excluding hydrogens is 116 g/mol. The van der Waals surface area contributed by atoms with Gasteiger partial charge in [-0.3, -0.25) is 0 Å². The Morgan fingerprint density at radius 2 is 1.56 bits per heavy atom. The van der Waals surface area contributed by atoms with E-state index >= 15 is 0 Å². The zero-order chi connectivity index (χ0) is 6.69. The molecule has 2 heteroatoms. The van der Waals surface area contributed by atoms with Crippen molar-refractivity contribution < 1.29 is 9.47 Å². The van der Waals surface area contributed by atoms with Gasteiger partial charge in [-0.15, -0.1) is 0 Å². The number of allylic oxidation sites excluding steroid dienone is 2. The number of ether oxygens (including phenoxy) is 2. The molecule has 0 radical (unpaired) electrons. The molecule has 0 atom stereocenters. The summed E-state index contributed by atoms with van der Waals surface area (Å²) in [6.07, 6.45) is 3.78. The Hall–Kier alpha value is -0.920. The monoisotopic (exact) mass is 126 g/mol. The number of rotatable bonds is 0. The molecule has 0 aliphatic carbocycles. The van der Waals surface area contributed by atoms with Gasteiger partial charge in [-0.1, -0.05) is 0 Å². The van der Waals surface area contributed by atoms with Crippen molar-refractivity contribution in [1.82, 2.24) is 0 Å². The maximum atomic E-state index is 5.08. The van der Waals surface area contributed by atoms with Gasteiger partial charge in [0, 0.05) is 0 Å². The first-order valence-corrected chi connectivity index (χ1v) is 2.97. The Morgan fingerprint density at radius 1 is 1.11 bits per heavy atom. The maximum absolute atomic E-state index is 5.08. The molecule has 0 saturated carbocycles. The summed E-state index contributed by atoms with van der Waals surface area (Å²) >= 11 is 0. The van der Waals surface area contributed by atoms with Crippen LogP contribution in [0, 0.1) is 0 Å². The topological polar surface area (TPSA) is 18.5 Å². The van der Waals surface area contributed by atoms with Gasteiger partial charge in [-0.05, 0) is 26.0 Å². The first-order valence-electron chi connectivity index (χ1n) is 2.97. The summed E-state index contributed by atoms with van der Waals surface area (Å²) in [5, 5.41) is 0. The average molecular weight is 126 g/mol. The maximum Gasteiger partial charge on any atom is 0.231 e. The third-order valence-corrected chi connectivity index (χ3v) is 1.20. The minimum atomic E-state index is 0.360. The van der Waals surface area contributed by atoms with E-state index in [2.05, 4.69) is 0 Å². The van der Waals surface area contributed by atoms with Gasteiger partial charge in [-0.2, -0.15) is 0 Å². The third-order valence-electron chi connectivity index (χ3n) is 1.20. The molecule has 0 N–H and O–H groups in total. The molecular formula is C7H10O2. The van der Waals surface area contributed by atoms with Crippen molar-refractivity contribution in [3.63, 3.8) is 0 Å². The Balaban J connectivity index is 2.75. The lowest BCUT2D eigenvalue weighted by molar-refractivity contribution is 0.0975. The molecule has 1 saturated heterocycles. The van der Waals surface area contributed by atoms with Crippen LogP contribution in [0.2, 0.25) is 0 Å². The first kappa shape index (κ1) is 6.20. The molecule has 2 nitrogen and oxygen atoms in total. The summed E-state index contributed by atoms with van der Waals surface area (Å²) in [6.45, 7) is 4.21. The van der Waals surface area contributed by atoms with Crippen LogP contribution >= 0.6 is 0 Å². The Morgan fingerprint density at radius 3 is 1.89 bits per heavy atom. The van der Waals surface area contributed by atoms with E-state index in [1.165, 1.54) is 0 Å². The van der Waals surface area contributed by atoms with Gasteiger partial charge in [0.25, 0.3) is 0 Å². The molecule has 0 bridgehead atoms. The molecule has 1 fully saturated rings. The molecule has 0 aromatic rings. The van der Waals surface area contributed by atoms with Crippen molar-refractivity contribution in [2.24, 2.45) is 0 Å². The van der Waals surface area contributed by atoms with Crippen molar-refractivity contribution in [3.8, 4) is 0 Å². The summed E-state index contributed by atoms with van der Waals surface area (Å²) in [6, 6.07) is 0. The average Bonchev–Trinajstić information content (AvgIpc) is 2.33. The van der Waals surface area contributed by atoms with E-state index in [9.17, 15) is 0 Å².